The standard InChI is InChI=1S/C31H29N3O5/c1-3-37-28-18-10-9-17-27(28)34-30(32-26-16-8-7-15-25(26)31(34)36)22(2)33(20-24-14-11-19-38-24)29(35)21-39-23-12-5-4-6-13-23/h4-19,22H,3,20-21H2,1-2H3. The zero-order valence-electron chi connectivity index (χ0n) is 21.8. The van der Waals surface area contributed by atoms with Gasteiger partial charge in [-0.25, -0.2) is 4.98 Å². The van der Waals surface area contributed by atoms with Crippen LogP contribution in [0.4, 0.5) is 0 Å². The fraction of sp³-hybridized carbons (Fsp3) is 0.194. The van der Waals surface area contributed by atoms with Crippen molar-refractivity contribution in [1.82, 2.24) is 14.5 Å². The van der Waals surface area contributed by atoms with Crippen molar-refractivity contribution in [2.24, 2.45) is 0 Å². The molecule has 1 unspecified atom stereocenters. The highest BCUT2D eigenvalue weighted by Crippen LogP contribution is 2.29. The van der Waals surface area contributed by atoms with Gasteiger partial charge in [0, 0.05) is 0 Å². The molecule has 8 nitrogen and oxygen atoms in total. The second kappa shape index (κ2) is 11.7. The number of rotatable bonds is 10. The van der Waals surface area contributed by atoms with E-state index in [9.17, 15) is 9.59 Å². The lowest BCUT2D eigenvalue weighted by molar-refractivity contribution is -0.136. The summed E-state index contributed by atoms with van der Waals surface area (Å²) >= 11 is 0. The highest BCUT2D eigenvalue weighted by atomic mass is 16.5. The van der Waals surface area contributed by atoms with Crippen molar-refractivity contribution in [2.75, 3.05) is 13.2 Å². The molecule has 39 heavy (non-hydrogen) atoms. The smallest absolute Gasteiger partial charge is 0.266 e. The molecule has 5 rings (SSSR count). The normalized spacial score (nSPS) is 11.7. The molecule has 0 N–H and O–H groups in total. The molecule has 198 valence electrons. The zero-order chi connectivity index (χ0) is 27.2. The molecule has 1 atom stereocenters. The van der Waals surface area contributed by atoms with Crippen LogP contribution in [0.15, 0.2) is 106 Å². The van der Waals surface area contributed by atoms with Crippen LogP contribution in [-0.2, 0) is 11.3 Å². The van der Waals surface area contributed by atoms with Crippen LogP contribution in [0.2, 0.25) is 0 Å². The molecule has 5 aromatic rings. The topological polar surface area (TPSA) is 86.8 Å². The average Bonchev–Trinajstić information content (AvgIpc) is 3.49. The number of benzene rings is 3. The number of hydrogen-bond acceptors (Lipinski definition) is 6. The molecule has 0 saturated heterocycles. The van der Waals surface area contributed by atoms with Crippen molar-refractivity contribution in [3.8, 4) is 17.2 Å². The van der Waals surface area contributed by atoms with Crippen LogP contribution in [-0.4, -0.2) is 33.6 Å². The maximum absolute atomic E-state index is 14.0. The summed E-state index contributed by atoms with van der Waals surface area (Å²) in [5.41, 5.74) is 0.844. The highest BCUT2D eigenvalue weighted by molar-refractivity contribution is 5.79. The summed E-state index contributed by atoms with van der Waals surface area (Å²) in [4.78, 5) is 34.1. The SMILES string of the molecule is CCOc1ccccc1-n1c(C(C)N(Cc2ccco2)C(=O)COc2ccccc2)nc2ccccc2c1=O. The van der Waals surface area contributed by atoms with Gasteiger partial charge in [0.25, 0.3) is 11.5 Å². The number of ether oxygens (including phenoxy) is 2. The van der Waals surface area contributed by atoms with Crippen molar-refractivity contribution in [2.45, 2.75) is 26.4 Å². The van der Waals surface area contributed by atoms with Gasteiger partial charge in [-0.1, -0.05) is 42.5 Å². The summed E-state index contributed by atoms with van der Waals surface area (Å²) in [6, 6.07) is 26.6. The van der Waals surface area contributed by atoms with Gasteiger partial charge in [0.2, 0.25) is 0 Å². The summed E-state index contributed by atoms with van der Waals surface area (Å²) in [5, 5.41) is 0.469. The van der Waals surface area contributed by atoms with Crippen LogP contribution in [0.5, 0.6) is 11.5 Å². The Morgan fingerprint density at radius 2 is 1.69 bits per heavy atom. The Kier molecular flexibility index (Phi) is 7.73. The van der Waals surface area contributed by atoms with E-state index in [0.29, 0.717) is 46.3 Å². The fourth-order valence-electron chi connectivity index (χ4n) is 4.48. The predicted octanol–water partition coefficient (Wildman–Crippen LogP) is 5.55. The molecular weight excluding hydrogens is 494 g/mol. The Hall–Kier alpha value is -4.85. The number of aromatic nitrogens is 2. The van der Waals surface area contributed by atoms with Crippen LogP contribution in [0.3, 0.4) is 0 Å². The Morgan fingerprint density at radius 1 is 0.949 bits per heavy atom. The van der Waals surface area contributed by atoms with Gasteiger partial charge in [0.1, 0.15) is 23.1 Å². The van der Waals surface area contributed by atoms with Gasteiger partial charge in [-0.05, 0) is 62.4 Å². The lowest BCUT2D eigenvalue weighted by Gasteiger charge is -2.30. The van der Waals surface area contributed by atoms with Gasteiger partial charge in [-0.15, -0.1) is 0 Å². The van der Waals surface area contributed by atoms with E-state index in [1.165, 1.54) is 0 Å². The third-order valence-electron chi connectivity index (χ3n) is 6.38. The Labute approximate surface area is 226 Å². The molecule has 0 aliphatic heterocycles. The first-order chi connectivity index (χ1) is 19.1. The van der Waals surface area contributed by atoms with Crippen LogP contribution in [0, 0.1) is 0 Å². The third kappa shape index (κ3) is 5.55. The lowest BCUT2D eigenvalue weighted by atomic mass is 10.1. The molecule has 0 radical (unpaired) electrons. The number of para-hydroxylation sites is 4. The minimum atomic E-state index is -0.631. The van der Waals surface area contributed by atoms with E-state index in [1.807, 2.05) is 62.4 Å². The quantitative estimate of drug-likeness (QED) is 0.239. The van der Waals surface area contributed by atoms with Crippen molar-refractivity contribution in [3.05, 3.63) is 119 Å². The van der Waals surface area contributed by atoms with Crippen LogP contribution in [0.25, 0.3) is 16.6 Å². The minimum Gasteiger partial charge on any atom is -0.492 e. The van der Waals surface area contributed by atoms with Crippen LogP contribution in [0.1, 0.15) is 31.5 Å². The van der Waals surface area contributed by atoms with E-state index in [0.717, 1.165) is 0 Å². The van der Waals surface area contributed by atoms with Crippen molar-refractivity contribution in [3.63, 3.8) is 0 Å². The Morgan fingerprint density at radius 3 is 2.46 bits per heavy atom. The molecule has 0 aliphatic carbocycles. The number of hydrogen-bond donors (Lipinski definition) is 0. The zero-order valence-corrected chi connectivity index (χ0v) is 21.8. The van der Waals surface area contributed by atoms with E-state index in [1.54, 1.807) is 58.2 Å². The first-order valence-electron chi connectivity index (χ1n) is 12.8. The summed E-state index contributed by atoms with van der Waals surface area (Å²) in [6.07, 6.45) is 1.56. The van der Waals surface area contributed by atoms with E-state index in [2.05, 4.69) is 0 Å². The van der Waals surface area contributed by atoms with Crippen LogP contribution < -0.4 is 15.0 Å². The second-order valence-electron chi connectivity index (χ2n) is 8.91. The lowest BCUT2D eigenvalue weighted by Crippen LogP contribution is -2.39. The monoisotopic (exact) mass is 523 g/mol. The van der Waals surface area contributed by atoms with Gasteiger partial charge < -0.3 is 18.8 Å². The minimum absolute atomic E-state index is 0.168. The molecule has 0 bridgehead atoms. The Balaban J connectivity index is 1.62. The fourth-order valence-corrected chi connectivity index (χ4v) is 4.48. The number of amides is 1. The number of nitrogens with zero attached hydrogens (tertiary/aromatic N) is 3. The van der Waals surface area contributed by atoms with E-state index >= 15 is 0 Å². The summed E-state index contributed by atoms with van der Waals surface area (Å²) < 4.78 is 18.8. The molecule has 0 fully saturated rings. The number of carbonyl (C=O) groups is 1. The number of carbonyl (C=O) groups excluding carboxylic acids is 1. The van der Waals surface area contributed by atoms with Crippen molar-refractivity contribution >= 4 is 16.8 Å². The van der Waals surface area contributed by atoms with Crippen LogP contribution >= 0.6 is 0 Å². The molecule has 1 amide bonds. The summed E-state index contributed by atoms with van der Waals surface area (Å²) in [5.74, 6) is 1.84. The summed E-state index contributed by atoms with van der Waals surface area (Å²) in [6.45, 7) is 4.14. The first kappa shape index (κ1) is 25.8. The van der Waals surface area contributed by atoms with Gasteiger partial charge in [0.15, 0.2) is 6.61 Å². The maximum Gasteiger partial charge on any atom is 0.266 e. The highest BCUT2D eigenvalue weighted by Gasteiger charge is 2.29. The molecule has 3 aromatic carbocycles. The summed E-state index contributed by atoms with van der Waals surface area (Å²) in [7, 11) is 0. The molecule has 0 aliphatic rings. The van der Waals surface area contributed by atoms with E-state index in [4.69, 9.17) is 18.9 Å². The predicted molar refractivity (Wildman–Crippen MR) is 148 cm³/mol. The molecule has 0 spiro atoms. The van der Waals surface area contributed by atoms with Gasteiger partial charge in [-0.3, -0.25) is 14.2 Å². The molecule has 8 heteroatoms. The van der Waals surface area contributed by atoms with Gasteiger partial charge in [0.05, 0.1) is 42.0 Å². The first-order valence-corrected chi connectivity index (χ1v) is 12.8. The average molecular weight is 524 g/mol. The number of fused-ring (bicyclic) bond motifs is 1. The van der Waals surface area contributed by atoms with Crippen molar-refractivity contribution in [1.29, 1.82) is 0 Å². The van der Waals surface area contributed by atoms with Gasteiger partial charge >= 0.3 is 0 Å². The van der Waals surface area contributed by atoms with Crippen molar-refractivity contribution < 1.29 is 18.7 Å². The molecule has 2 aromatic heterocycles. The third-order valence-corrected chi connectivity index (χ3v) is 6.38. The van der Waals surface area contributed by atoms with E-state index < -0.39 is 6.04 Å². The number of furan rings is 1. The van der Waals surface area contributed by atoms with Gasteiger partial charge in [-0.2, -0.15) is 0 Å². The molecule has 0 saturated carbocycles. The molecule has 2 heterocycles. The largest absolute Gasteiger partial charge is 0.492 e. The Bertz CT molecular complexity index is 1610. The molecular formula is C31H29N3O5. The second-order valence-corrected chi connectivity index (χ2v) is 8.91. The van der Waals surface area contributed by atoms with E-state index in [-0.39, 0.29) is 24.6 Å². The maximum atomic E-state index is 14.0.